The zero-order valence-electron chi connectivity index (χ0n) is 10.8. The first-order valence-electron chi connectivity index (χ1n) is 5.86. The van der Waals surface area contributed by atoms with E-state index in [0.717, 1.165) is 17.9 Å². The van der Waals surface area contributed by atoms with Crippen LogP contribution in [0.15, 0.2) is 11.4 Å². The maximum absolute atomic E-state index is 6.11. The first-order chi connectivity index (χ1) is 8.00. The number of nitrogen functional groups attached to an aromatic ring is 1. The van der Waals surface area contributed by atoms with Crippen LogP contribution in [0.3, 0.4) is 0 Å². The zero-order chi connectivity index (χ0) is 12.6. The summed E-state index contributed by atoms with van der Waals surface area (Å²) in [6, 6.07) is 2.13. The minimum Gasteiger partial charge on any atom is -0.384 e. The summed E-state index contributed by atoms with van der Waals surface area (Å²) in [5.41, 5.74) is 9.64. The molecule has 0 aromatic carbocycles. The van der Waals surface area contributed by atoms with Gasteiger partial charge in [-0.3, -0.25) is 4.68 Å². The van der Waals surface area contributed by atoms with Gasteiger partial charge in [0.05, 0.1) is 4.88 Å². The van der Waals surface area contributed by atoms with Crippen LogP contribution in [0, 0.1) is 12.8 Å². The van der Waals surface area contributed by atoms with Crippen molar-refractivity contribution in [2.75, 3.05) is 5.73 Å². The van der Waals surface area contributed by atoms with E-state index >= 15 is 0 Å². The first kappa shape index (κ1) is 12.2. The number of nitrogens with two attached hydrogens (primary N) is 1. The molecular formula is C13H19N3S. The zero-order valence-corrected chi connectivity index (χ0v) is 11.6. The standard InChI is InChI=1S/C13H19N3S/c1-8(2)7-10-11(15-16(4)13(10)14)12-9(3)5-6-17-12/h5-6,8H,7,14H2,1-4H3. The predicted octanol–water partition coefficient (Wildman–Crippen LogP) is 3.24. The number of aromatic nitrogens is 2. The fraction of sp³-hybridized carbons (Fsp3) is 0.462. The van der Waals surface area contributed by atoms with Crippen molar-refractivity contribution in [1.29, 1.82) is 0 Å². The number of thiophene rings is 1. The molecular weight excluding hydrogens is 230 g/mol. The van der Waals surface area contributed by atoms with Crippen molar-refractivity contribution in [3.63, 3.8) is 0 Å². The lowest BCUT2D eigenvalue weighted by molar-refractivity contribution is 0.649. The largest absolute Gasteiger partial charge is 0.384 e. The number of aryl methyl sites for hydroxylation is 2. The molecule has 0 amide bonds. The van der Waals surface area contributed by atoms with Crippen molar-refractivity contribution in [3.8, 4) is 10.6 Å². The lowest BCUT2D eigenvalue weighted by Gasteiger charge is -2.06. The molecule has 0 aliphatic rings. The smallest absolute Gasteiger partial charge is 0.125 e. The van der Waals surface area contributed by atoms with Crippen molar-refractivity contribution in [3.05, 3.63) is 22.6 Å². The summed E-state index contributed by atoms with van der Waals surface area (Å²) in [5.74, 6) is 1.38. The van der Waals surface area contributed by atoms with Gasteiger partial charge in [0.1, 0.15) is 11.5 Å². The van der Waals surface area contributed by atoms with E-state index in [9.17, 15) is 0 Å². The van der Waals surface area contributed by atoms with Gasteiger partial charge in [-0.05, 0) is 36.3 Å². The number of hydrogen-bond acceptors (Lipinski definition) is 3. The molecule has 4 heteroatoms. The first-order valence-corrected chi connectivity index (χ1v) is 6.74. The lowest BCUT2D eigenvalue weighted by Crippen LogP contribution is -2.02. The monoisotopic (exact) mass is 249 g/mol. The highest BCUT2D eigenvalue weighted by Crippen LogP contribution is 2.34. The van der Waals surface area contributed by atoms with E-state index in [1.807, 2.05) is 7.05 Å². The van der Waals surface area contributed by atoms with Crippen LogP contribution in [0.5, 0.6) is 0 Å². The molecule has 0 unspecified atom stereocenters. The van der Waals surface area contributed by atoms with E-state index in [1.165, 1.54) is 16.0 Å². The van der Waals surface area contributed by atoms with Crippen LogP contribution in [-0.4, -0.2) is 9.78 Å². The van der Waals surface area contributed by atoms with Gasteiger partial charge in [-0.25, -0.2) is 0 Å². The van der Waals surface area contributed by atoms with Gasteiger partial charge < -0.3 is 5.73 Å². The molecule has 2 aromatic rings. The van der Waals surface area contributed by atoms with Crippen LogP contribution in [0.25, 0.3) is 10.6 Å². The van der Waals surface area contributed by atoms with Crippen molar-refractivity contribution in [2.45, 2.75) is 27.2 Å². The van der Waals surface area contributed by atoms with Crippen molar-refractivity contribution >= 4 is 17.2 Å². The summed E-state index contributed by atoms with van der Waals surface area (Å²) < 4.78 is 1.78. The van der Waals surface area contributed by atoms with Crippen molar-refractivity contribution < 1.29 is 0 Å². The van der Waals surface area contributed by atoms with E-state index in [1.54, 1.807) is 16.0 Å². The lowest BCUT2D eigenvalue weighted by atomic mass is 10.0. The van der Waals surface area contributed by atoms with Crippen molar-refractivity contribution in [2.24, 2.45) is 13.0 Å². The molecule has 2 rings (SSSR count). The fourth-order valence-electron chi connectivity index (χ4n) is 1.99. The van der Waals surface area contributed by atoms with Gasteiger partial charge in [0.25, 0.3) is 0 Å². The highest BCUT2D eigenvalue weighted by molar-refractivity contribution is 7.13. The minimum atomic E-state index is 0.584. The molecule has 2 aromatic heterocycles. The third kappa shape index (κ3) is 2.22. The SMILES string of the molecule is Cc1ccsc1-c1nn(C)c(N)c1CC(C)C. The normalized spacial score (nSPS) is 11.4. The second-order valence-corrected chi connectivity index (χ2v) is 5.78. The summed E-state index contributed by atoms with van der Waals surface area (Å²) in [4.78, 5) is 1.24. The highest BCUT2D eigenvalue weighted by Gasteiger charge is 2.18. The van der Waals surface area contributed by atoms with E-state index in [4.69, 9.17) is 5.73 Å². The summed E-state index contributed by atoms with van der Waals surface area (Å²) in [6.45, 7) is 6.53. The fourth-order valence-corrected chi connectivity index (χ4v) is 2.93. The summed E-state index contributed by atoms with van der Waals surface area (Å²) in [5, 5.41) is 6.67. The molecule has 0 spiro atoms. The second kappa shape index (κ2) is 4.53. The Balaban J connectivity index is 2.54. The average Bonchev–Trinajstić information content (AvgIpc) is 2.77. The van der Waals surface area contributed by atoms with Crippen LogP contribution >= 0.6 is 11.3 Å². The van der Waals surface area contributed by atoms with E-state index < -0.39 is 0 Å². The topological polar surface area (TPSA) is 43.8 Å². The Morgan fingerprint density at radius 1 is 1.47 bits per heavy atom. The molecule has 0 aliphatic carbocycles. The van der Waals surface area contributed by atoms with Gasteiger partial charge in [0.15, 0.2) is 0 Å². The molecule has 3 nitrogen and oxygen atoms in total. The molecule has 2 N–H and O–H groups in total. The Hall–Kier alpha value is -1.29. The van der Waals surface area contributed by atoms with Crippen LogP contribution in [0.1, 0.15) is 25.0 Å². The molecule has 0 radical (unpaired) electrons. The molecule has 0 saturated heterocycles. The van der Waals surface area contributed by atoms with Crippen LogP contribution < -0.4 is 5.73 Å². The van der Waals surface area contributed by atoms with Crippen LogP contribution in [0.4, 0.5) is 5.82 Å². The van der Waals surface area contributed by atoms with Gasteiger partial charge in [-0.2, -0.15) is 5.10 Å². The van der Waals surface area contributed by atoms with E-state index in [0.29, 0.717) is 5.92 Å². The van der Waals surface area contributed by atoms with Gasteiger partial charge in [0, 0.05) is 12.6 Å². The Bertz CT molecular complexity index is 523. The second-order valence-electron chi connectivity index (χ2n) is 4.87. The summed E-state index contributed by atoms with van der Waals surface area (Å²) in [7, 11) is 1.91. The molecule has 0 fully saturated rings. The molecule has 0 atom stereocenters. The quantitative estimate of drug-likeness (QED) is 0.907. The number of anilines is 1. The van der Waals surface area contributed by atoms with E-state index in [2.05, 4.69) is 37.3 Å². The van der Waals surface area contributed by atoms with Gasteiger partial charge >= 0.3 is 0 Å². The van der Waals surface area contributed by atoms with E-state index in [-0.39, 0.29) is 0 Å². The number of hydrogen-bond donors (Lipinski definition) is 1. The van der Waals surface area contributed by atoms with Crippen LogP contribution in [0.2, 0.25) is 0 Å². The van der Waals surface area contributed by atoms with Crippen molar-refractivity contribution in [1.82, 2.24) is 9.78 Å². The Morgan fingerprint density at radius 2 is 2.18 bits per heavy atom. The molecule has 92 valence electrons. The minimum absolute atomic E-state index is 0.584. The molecule has 0 aliphatic heterocycles. The molecule has 0 bridgehead atoms. The Morgan fingerprint density at radius 3 is 2.71 bits per heavy atom. The summed E-state index contributed by atoms with van der Waals surface area (Å²) in [6.07, 6.45) is 0.979. The molecule has 0 saturated carbocycles. The van der Waals surface area contributed by atoms with Crippen LogP contribution in [-0.2, 0) is 13.5 Å². The van der Waals surface area contributed by atoms with Gasteiger partial charge in [-0.15, -0.1) is 11.3 Å². The predicted molar refractivity (Wildman–Crippen MR) is 74.2 cm³/mol. The highest BCUT2D eigenvalue weighted by atomic mass is 32.1. The number of nitrogens with zero attached hydrogens (tertiary/aromatic N) is 2. The summed E-state index contributed by atoms with van der Waals surface area (Å²) >= 11 is 1.73. The van der Waals surface area contributed by atoms with Gasteiger partial charge in [-0.1, -0.05) is 13.8 Å². The number of rotatable bonds is 3. The molecule has 17 heavy (non-hydrogen) atoms. The third-order valence-electron chi connectivity index (χ3n) is 2.88. The molecule has 2 heterocycles. The average molecular weight is 249 g/mol. The Kier molecular flexibility index (Phi) is 3.24. The van der Waals surface area contributed by atoms with Gasteiger partial charge in [0.2, 0.25) is 0 Å². The Labute approximate surface area is 106 Å². The maximum Gasteiger partial charge on any atom is 0.125 e. The third-order valence-corrected chi connectivity index (χ3v) is 3.91. The maximum atomic E-state index is 6.11.